The number of aliphatic hydroxyl groups excluding tert-OH is 1. The summed E-state index contributed by atoms with van der Waals surface area (Å²) in [6, 6.07) is 4.74. The summed E-state index contributed by atoms with van der Waals surface area (Å²) in [7, 11) is 1.73. The predicted molar refractivity (Wildman–Crippen MR) is 99.6 cm³/mol. The van der Waals surface area contributed by atoms with Crippen LogP contribution >= 0.6 is 0 Å². The summed E-state index contributed by atoms with van der Waals surface area (Å²) < 4.78 is 5.42. The van der Waals surface area contributed by atoms with Crippen LogP contribution in [0.4, 0.5) is 0 Å². The Morgan fingerprint density at radius 3 is 2.58 bits per heavy atom. The van der Waals surface area contributed by atoms with Gasteiger partial charge in [-0.05, 0) is 48.9 Å². The highest BCUT2D eigenvalue weighted by Crippen LogP contribution is 2.26. The second-order valence-corrected chi connectivity index (χ2v) is 7.47. The minimum Gasteiger partial charge on any atom is -0.496 e. The Bertz CT molecular complexity index is 531. The summed E-state index contributed by atoms with van der Waals surface area (Å²) in [6.45, 7) is 14.5. The van der Waals surface area contributed by atoms with E-state index in [9.17, 15) is 5.11 Å². The average molecular weight is 335 g/mol. The van der Waals surface area contributed by atoms with E-state index in [1.807, 2.05) is 0 Å². The monoisotopic (exact) mass is 334 g/mol. The van der Waals surface area contributed by atoms with Gasteiger partial charge in [-0.2, -0.15) is 0 Å². The third kappa shape index (κ3) is 4.71. The fourth-order valence-corrected chi connectivity index (χ4v) is 3.72. The number of methoxy groups -OCH3 is 1. The zero-order chi connectivity index (χ0) is 17.7. The van der Waals surface area contributed by atoms with Gasteiger partial charge in [-0.15, -0.1) is 0 Å². The van der Waals surface area contributed by atoms with Crippen molar-refractivity contribution < 1.29 is 9.84 Å². The number of ether oxygens (including phenoxy) is 1. The van der Waals surface area contributed by atoms with Gasteiger partial charge in [0, 0.05) is 45.4 Å². The molecule has 0 aromatic heterocycles. The fraction of sp³-hybridized carbons (Fsp3) is 0.700. The Labute approximate surface area is 147 Å². The highest BCUT2D eigenvalue weighted by molar-refractivity contribution is 5.43. The first-order chi connectivity index (χ1) is 11.5. The number of benzene rings is 1. The van der Waals surface area contributed by atoms with Crippen LogP contribution in [0.25, 0.3) is 0 Å². The van der Waals surface area contributed by atoms with Crippen LogP contribution in [0, 0.1) is 19.8 Å². The van der Waals surface area contributed by atoms with E-state index in [4.69, 9.17) is 4.74 Å². The van der Waals surface area contributed by atoms with Crippen LogP contribution in [0.5, 0.6) is 5.75 Å². The lowest BCUT2D eigenvalue weighted by Gasteiger charge is -2.42. The molecule has 1 fully saturated rings. The maximum absolute atomic E-state index is 9.43. The van der Waals surface area contributed by atoms with Crippen molar-refractivity contribution in [2.45, 2.75) is 46.7 Å². The highest BCUT2D eigenvalue weighted by Gasteiger charge is 2.27. The molecule has 1 aliphatic rings. The largest absolute Gasteiger partial charge is 0.496 e. The summed E-state index contributed by atoms with van der Waals surface area (Å²) in [5, 5.41) is 9.43. The number of piperazine rings is 1. The van der Waals surface area contributed by atoms with E-state index >= 15 is 0 Å². The minimum absolute atomic E-state index is 0.272. The van der Waals surface area contributed by atoms with Gasteiger partial charge in [0.05, 0.1) is 7.11 Å². The van der Waals surface area contributed by atoms with Gasteiger partial charge in [0.25, 0.3) is 0 Å². The molecule has 1 heterocycles. The van der Waals surface area contributed by atoms with Gasteiger partial charge in [-0.25, -0.2) is 0 Å². The molecule has 136 valence electrons. The number of hydrogen-bond acceptors (Lipinski definition) is 4. The summed E-state index contributed by atoms with van der Waals surface area (Å²) in [5.74, 6) is 1.64. The van der Waals surface area contributed by atoms with Gasteiger partial charge in [0.15, 0.2) is 0 Å². The third-order valence-corrected chi connectivity index (χ3v) is 5.21. The van der Waals surface area contributed by atoms with Crippen molar-refractivity contribution in [3.63, 3.8) is 0 Å². The Morgan fingerprint density at radius 1 is 1.21 bits per heavy atom. The van der Waals surface area contributed by atoms with Gasteiger partial charge in [-0.1, -0.05) is 19.9 Å². The van der Waals surface area contributed by atoms with E-state index < -0.39 is 0 Å². The molecule has 0 radical (unpaired) electrons. The second-order valence-electron chi connectivity index (χ2n) is 7.47. The van der Waals surface area contributed by atoms with Crippen molar-refractivity contribution in [2.24, 2.45) is 5.92 Å². The molecule has 2 rings (SSSR count). The molecule has 4 nitrogen and oxygen atoms in total. The van der Waals surface area contributed by atoms with Gasteiger partial charge in [0.2, 0.25) is 0 Å². The molecular formula is C20H34N2O2. The van der Waals surface area contributed by atoms with Crippen LogP contribution in [0.1, 0.15) is 37.0 Å². The maximum Gasteiger partial charge on any atom is 0.122 e. The SMILES string of the molecule is COc1ccc(CN2CCN(CC(C)C)[C@H](CCO)C2)c(C)c1C. The molecule has 0 saturated carbocycles. The van der Waals surface area contributed by atoms with E-state index in [-0.39, 0.29) is 6.61 Å². The number of hydrogen-bond donors (Lipinski definition) is 1. The lowest BCUT2D eigenvalue weighted by Crippen LogP contribution is -2.53. The summed E-state index contributed by atoms with van der Waals surface area (Å²) in [5.41, 5.74) is 3.95. The van der Waals surface area contributed by atoms with E-state index in [0.29, 0.717) is 12.0 Å². The van der Waals surface area contributed by atoms with Crippen molar-refractivity contribution in [1.82, 2.24) is 9.80 Å². The molecule has 1 atom stereocenters. The van der Waals surface area contributed by atoms with E-state index in [0.717, 1.165) is 44.9 Å². The van der Waals surface area contributed by atoms with Crippen molar-refractivity contribution in [3.05, 3.63) is 28.8 Å². The topological polar surface area (TPSA) is 35.9 Å². The lowest BCUT2D eigenvalue weighted by atomic mass is 10.0. The Balaban J connectivity index is 2.05. The lowest BCUT2D eigenvalue weighted by molar-refractivity contribution is 0.0476. The smallest absolute Gasteiger partial charge is 0.122 e. The van der Waals surface area contributed by atoms with E-state index in [1.54, 1.807) is 7.11 Å². The molecule has 4 heteroatoms. The molecule has 0 spiro atoms. The molecule has 1 aromatic carbocycles. The first kappa shape index (κ1) is 19.2. The molecule has 24 heavy (non-hydrogen) atoms. The second kappa shape index (κ2) is 8.84. The third-order valence-electron chi connectivity index (χ3n) is 5.21. The quantitative estimate of drug-likeness (QED) is 0.832. The summed E-state index contributed by atoms with van der Waals surface area (Å²) >= 11 is 0. The maximum atomic E-state index is 9.43. The van der Waals surface area contributed by atoms with Gasteiger partial charge in [-0.3, -0.25) is 9.80 Å². The Hall–Kier alpha value is -1.10. The average Bonchev–Trinajstić information content (AvgIpc) is 2.54. The zero-order valence-corrected chi connectivity index (χ0v) is 16.0. The van der Waals surface area contributed by atoms with Gasteiger partial charge >= 0.3 is 0 Å². The number of rotatable bonds is 7. The highest BCUT2D eigenvalue weighted by atomic mass is 16.5. The molecule has 0 unspecified atom stereocenters. The van der Waals surface area contributed by atoms with E-state index in [2.05, 4.69) is 49.6 Å². The van der Waals surface area contributed by atoms with Crippen molar-refractivity contribution in [2.75, 3.05) is 39.9 Å². The van der Waals surface area contributed by atoms with Gasteiger partial charge < -0.3 is 9.84 Å². The van der Waals surface area contributed by atoms with Crippen molar-refractivity contribution >= 4 is 0 Å². The van der Waals surface area contributed by atoms with Crippen LogP contribution in [0.3, 0.4) is 0 Å². The summed E-state index contributed by atoms with van der Waals surface area (Å²) in [6.07, 6.45) is 0.865. The predicted octanol–water partition coefficient (Wildman–Crippen LogP) is 2.84. The number of nitrogens with zero attached hydrogens (tertiary/aromatic N) is 2. The molecular weight excluding hydrogens is 300 g/mol. The molecule has 1 aliphatic heterocycles. The Morgan fingerprint density at radius 2 is 1.96 bits per heavy atom. The van der Waals surface area contributed by atoms with Crippen LogP contribution in [-0.2, 0) is 6.54 Å². The van der Waals surface area contributed by atoms with Crippen LogP contribution in [0.2, 0.25) is 0 Å². The van der Waals surface area contributed by atoms with Crippen molar-refractivity contribution in [1.29, 1.82) is 0 Å². The molecule has 0 aliphatic carbocycles. The van der Waals surface area contributed by atoms with E-state index in [1.165, 1.54) is 16.7 Å². The first-order valence-electron chi connectivity index (χ1n) is 9.16. The molecule has 1 aromatic rings. The van der Waals surface area contributed by atoms with Crippen LogP contribution < -0.4 is 4.74 Å². The molecule has 0 bridgehead atoms. The molecule has 1 N–H and O–H groups in total. The molecule has 1 saturated heterocycles. The zero-order valence-electron chi connectivity index (χ0n) is 16.0. The standard InChI is InChI=1S/C20H34N2O2/c1-15(2)12-22-10-9-21(14-19(22)8-11-23)13-18-6-7-20(24-5)17(4)16(18)3/h6-7,15,19,23H,8-14H2,1-5H3/t19-/m1/s1. The fourth-order valence-electron chi connectivity index (χ4n) is 3.72. The molecule has 0 amide bonds. The van der Waals surface area contributed by atoms with Gasteiger partial charge in [0.1, 0.15) is 5.75 Å². The van der Waals surface area contributed by atoms with Crippen LogP contribution in [-0.4, -0.2) is 60.8 Å². The first-order valence-corrected chi connectivity index (χ1v) is 9.16. The number of aliphatic hydroxyl groups is 1. The minimum atomic E-state index is 0.272. The normalized spacial score (nSPS) is 19.9. The van der Waals surface area contributed by atoms with Crippen molar-refractivity contribution in [3.8, 4) is 5.75 Å². The Kier molecular flexibility index (Phi) is 7.08. The van der Waals surface area contributed by atoms with Crippen LogP contribution in [0.15, 0.2) is 12.1 Å². The summed E-state index contributed by atoms with van der Waals surface area (Å²) in [4.78, 5) is 5.09.